The van der Waals surface area contributed by atoms with E-state index in [0.717, 1.165) is 10.2 Å². The number of para-hydroxylation sites is 1. The zero-order valence-corrected chi connectivity index (χ0v) is 16.7. The second kappa shape index (κ2) is 8.29. The topological polar surface area (TPSA) is 90.3 Å². The first-order chi connectivity index (χ1) is 13.0. The van der Waals surface area contributed by atoms with Crippen molar-refractivity contribution in [3.05, 3.63) is 79.8 Å². The first-order valence-corrected chi connectivity index (χ1v) is 9.08. The number of halogens is 1. The highest BCUT2D eigenvalue weighted by molar-refractivity contribution is 9.10. The molecule has 11 heteroatoms. The largest absolute Gasteiger partial charge is 0.331 e. The number of hydrogen-bond donors (Lipinski definition) is 1. The molecule has 0 aliphatic rings. The summed E-state index contributed by atoms with van der Waals surface area (Å²) in [5.74, 6) is 0. The van der Waals surface area contributed by atoms with Gasteiger partial charge in [-0.2, -0.15) is 19.6 Å². The third-order valence-corrected chi connectivity index (χ3v) is 4.56. The summed E-state index contributed by atoms with van der Waals surface area (Å²) in [4.78, 5) is 10.6. The number of hydrogen-bond acceptors (Lipinski definition) is 6. The van der Waals surface area contributed by atoms with E-state index in [-0.39, 0.29) is 15.6 Å². The van der Waals surface area contributed by atoms with Crippen molar-refractivity contribution in [1.82, 2.24) is 14.5 Å². The van der Waals surface area contributed by atoms with E-state index in [1.54, 1.807) is 18.2 Å². The van der Waals surface area contributed by atoms with Crippen LogP contribution >= 0.6 is 40.4 Å². The fourth-order valence-corrected chi connectivity index (χ4v) is 2.92. The summed E-state index contributed by atoms with van der Waals surface area (Å²) >= 11 is 14.0. The van der Waals surface area contributed by atoms with Crippen LogP contribution in [-0.2, 0) is 0 Å². The molecule has 0 radical (unpaired) electrons. The van der Waals surface area contributed by atoms with E-state index < -0.39 is 4.92 Å². The third-order valence-electron chi connectivity index (χ3n) is 3.40. The van der Waals surface area contributed by atoms with Crippen LogP contribution in [0.3, 0.4) is 0 Å². The van der Waals surface area contributed by atoms with Crippen LogP contribution in [-0.4, -0.2) is 30.7 Å². The molecule has 0 aliphatic heterocycles. The number of nitro groups is 1. The van der Waals surface area contributed by atoms with Gasteiger partial charge in [-0.3, -0.25) is 10.1 Å². The Bertz CT molecular complexity index is 1090. The molecule has 0 saturated carbocycles. The van der Waals surface area contributed by atoms with Crippen molar-refractivity contribution >= 4 is 63.1 Å². The molecule has 3 aromatic rings. The zero-order valence-electron chi connectivity index (χ0n) is 13.5. The first kappa shape index (κ1) is 19.0. The lowest BCUT2D eigenvalue weighted by Crippen LogP contribution is -2.20. The lowest BCUT2D eigenvalue weighted by Gasteiger charge is -2.07. The van der Waals surface area contributed by atoms with Gasteiger partial charge in [-0.25, -0.2) is 0 Å². The zero-order chi connectivity index (χ0) is 19.4. The average molecular weight is 463 g/mol. The van der Waals surface area contributed by atoms with Crippen LogP contribution in [0.4, 0.5) is 11.4 Å². The smallest absolute Gasteiger partial charge is 0.278 e. The number of anilines is 1. The molecule has 0 atom stereocenters. The molecule has 1 heterocycles. The van der Waals surface area contributed by atoms with Crippen LogP contribution in [0.5, 0.6) is 0 Å². The molecule has 0 aliphatic carbocycles. The van der Waals surface area contributed by atoms with Gasteiger partial charge in [0.05, 0.1) is 16.7 Å². The van der Waals surface area contributed by atoms with Crippen LogP contribution in [0.2, 0.25) is 0 Å². The number of nitrogens with one attached hydrogen (secondary N) is 1. The fourth-order valence-electron chi connectivity index (χ4n) is 2.11. The second-order valence-electron chi connectivity index (χ2n) is 5.17. The highest BCUT2D eigenvalue weighted by atomic mass is 79.9. The molecule has 27 heavy (non-hydrogen) atoms. The highest BCUT2D eigenvalue weighted by Gasteiger charge is 2.11. The standard InChI is InChI=1S/C16H11BrN6O2S2/c17-12-5-7-13(8-6-12)20-15(26)22-16(27)21(10-19-22)18-9-11-3-1-2-4-14(11)23(24)25/h1-10H,(H,20,26)/b18-9-. The van der Waals surface area contributed by atoms with Gasteiger partial charge >= 0.3 is 0 Å². The summed E-state index contributed by atoms with van der Waals surface area (Å²) in [7, 11) is 0. The van der Waals surface area contributed by atoms with E-state index >= 15 is 0 Å². The predicted octanol–water partition coefficient (Wildman–Crippen LogP) is 4.21. The van der Waals surface area contributed by atoms with Gasteiger partial charge in [-0.05, 0) is 54.8 Å². The number of rotatable bonds is 4. The molecule has 1 aromatic heterocycles. The van der Waals surface area contributed by atoms with E-state index in [2.05, 4.69) is 31.4 Å². The summed E-state index contributed by atoms with van der Waals surface area (Å²) in [6.07, 6.45) is 2.73. The van der Waals surface area contributed by atoms with E-state index in [1.807, 2.05) is 24.3 Å². The van der Waals surface area contributed by atoms with Gasteiger partial charge in [0.15, 0.2) is 0 Å². The van der Waals surface area contributed by atoms with Gasteiger partial charge in [0, 0.05) is 16.2 Å². The molecule has 1 N–H and O–H groups in total. The lowest BCUT2D eigenvalue weighted by atomic mass is 10.2. The van der Waals surface area contributed by atoms with Crippen molar-refractivity contribution in [2.75, 3.05) is 5.32 Å². The second-order valence-corrected chi connectivity index (χ2v) is 6.83. The van der Waals surface area contributed by atoms with Gasteiger partial charge in [-0.15, -0.1) is 0 Å². The van der Waals surface area contributed by atoms with E-state index in [1.165, 1.54) is 28.0 Å². The Hall–Kier alpha value is -2.76. The Morgan fingerprint density at radius 1 is 1.26 bits per heavy atom. The first-order valence-electron chi connectivity index (χ1n) is 7.47. The third kappa shape index (κ3) is 4.51. The Labute approximate surface area is 172 Å². The summed E-state index contributed by atoms with van der Waals surface area (Å²) in [5.41, 5.74) is 1.09. The number of aromatic nitrogens is 3. The van der Waals surface area contributed by atoms with Gasteiger partial charge in [0.2, 0.25) is 9.88 Å². The number of nitro benzene ring substituents is 1. The Balaban J connectivity index is 1.81. The summed E-state index contributed by atoms with van der Waals surface area (Å²) < 4.78 is 3.81. The lowest BCUT2D eigenvalue weighted by molar-refractivity contribution is -0.385. The molecule has 0 saturated heterocycles. The normalized spacial score (nSPS) is 10.9. The molecule has 8 nitrogen and oxygen atoms in total. The van der Waals surface area contributed by atoms with Crippen molar-refractivity contribution in [3.8, 4) is 0 Å². The molecule has 0 spiro atoms. The molecule has 0 amide bonds. The SMILES string of the molecule is O=[N+]([O-])c1ccccc1/C=N\n1cnn(C(=S)Nc2ccc(Br)cc2)c1=S. The van der Waals surface area contributed by atoms with E-state index in [4.69, 9.17) is 24.4 Å². The van der Waals surface area contributed by atoms with Crippen molar-refractivity contribution in [1.29, 1.82) is 0 Å². The van der Waals surface area contributed by atoms with E-state index in [9.17, 15) is 10.1 Å². The summed E-state index contributed by atoms with van der Waals surface area (Å²) in [6, 6.07) is 13.7. The van der Waals surface area contributed by atoms with E-state index in [0.29, 0.717) is 5.56 Å². The monoisotopic (exact) mass is 462 g/mol. The molecular formula is C16H11BrN6O2S2. The quantitative estimate of drug-likeness (QED) is 0.270. The van der Waals surface area contributed by atoms with Crippen LogP contribution in [0, 0.1) is 14.9 Å². The summed E-state index contributed by atoms with van der Waals surface area (Å²) in [6.45, 7) is 0. The van der Waals surface area contributed by atoms with Crippen LogP contribution in [0.15, 0.2) is 64.4 Å². The van der Waals surface area contributed by atoms with Crippen molar-refractivity contribution in [2.24, 2.45) is 5.10 Å². The van der Waals surface area contributed by atoms with Crippen molar-refractivity contribution < 1.29 is 4.92 Å². The van der Waals surface area contributed by atoms with Crippen molar-refractivity contribution in [2.45, 2.75) is 0 Å². The maximum absolute atomic E-state index is 11.1. The molecule has 0 unspecified atom stereocenters. The molecule has 0 fully saturated rings. The van der Waals surface area contributed by atoms with Gasteiger partial charge < -0.3 is 5.32 Å². The maximum atomic E-state index is 11.1. The average Bonchev–Trinajstić information content (AvgIpc) is 3.02. The van der Waals surface area contributed by atoms with Crippen LogP contribution in [0.25, 0.3) is 0 Å². The Morgan fingerprint density at radius 2 is 1.96 bits per heavy atom. The minimum Gasteiger partial charge on any atom is -0.331 e. The molecular weight excluding hydrogens is 452 g/mol. The number of thiocarbonyl (C=S) groups is 1. The summed E-state index contributed by atoms with van der Waals surface area (Å²) in [5, 5.41) is 22.6. The highest BCUT2D eigenvalue weighted by Crippen LogP contribution is 2.16. The van der Waals surface area contributed by atoms with Crippen molar-refractivity contribution in [3.63, 3.8) is 0 Å². The van der Waals surface area contributed by atoms with Crippen LogP contribution < -0.4 is 5.32 Å². The minimum absolute atomic E-state index is 0.0485. The fraction of sp³-hybridized carbons (Fsp3) is 0. The number of nitrogens with zero attached hydrogens (tertiary/aromatic N) is 5. The van der Waals surface area contributed by atoms with Gasteiger partial charge in [0.25, 0.3) is 5.69 Å². The van der Waals surface area contributed by atoms with Crippen LogP contribution in [0.1, 0.15) is 5.56 Å². The minimum atomic E-state index is -0.471. The number of benzene rings is 2. The van der Waals surface area contributed by atoms with Gasteiger partial charge in [-0.1, -0.05) is 28.1 Å². The maximum Gasteiger partial charge on any atom is 0.278 e. The molecule has 2 aromatic carbocycles. The molecule has 136 valence electrons. The molecule has 3 rings (SSSR count). The van der Waals surface area contributed by atoms with Gasteiger partial charge in [0.1, 0.15) is 6.33 Å². The predicted molar refractivity (Wildman–Crippen MR) is 113 cm³/mol. The Morgan fingerprint density at radius 3 is 2.67 bits per heavy atom. The Kier molecular flexibility index (Phi) is 5.84. The molecule has 0 bridgehead atoms.